The van der Waals surface area contributed by atoms with Crippen LogP contribution in [0, 0.1) is 13.8 Å². The highest BCUT2D eigenvalue weighted by molar-refractivity contribution is 7.91. The topological polar surface area (TPSA) is 97.2 Å². The first kappa shape index (κ1) is 20.0. The van der Waals surface area contributed by atoms with Crippen molar-refractivity contribution in [3.8, 4) is 5.82 Å². The molecule has 0 spiro atoms. The lowest BCUT2D eigenvalue weighted by Crippen LogP contribution is -2.52. The van der Waals surface area contributed by atoms with Gasteiger partial charge in [0.15, 0.2) is 15.7 Å². The molecule has 1 amide bonds. The van der Waals surface area contributed by atoms with Crippen LogP contribution in [0.4, 0.5) is 0 Å². The molecule has 156 valence electrons. The van der Waals surface area contributed by atoms with Gasteiger partial charge in [0.05, 0.1) is 28.8 Å². The smallest absolute Gasteiger partial charge is 0.253 e. The van der Waals surface area contributed by atoms with E-state index < -0.39 is 9.84 Å². The maximum atomic E-state index is 12.8. The number of likely N-dealkylation sites (tertiary alicyclic amines) is 1. The number of pyridine rings is 1. The van der Waals surface area contributed by atoms with Gasteiger partial charge in [-0.25, -0.2) is 18.1 Å². The van der Waals surface area contributed by atoms with E-state index in [2.05, 4.69) is 20.3 Å². The SMILES string of the molecule is Cc1cc(C)n(-c2ccc(C(=O)NC3CS(=O)(=O)CC3N3CCCCC3)cn2)n1. The molecular weight excluding hydrogens is 390 g/mol. The van der Waals surface area contributed by atoms with E-state index in [-0.39, 0.29) is 29.5 Å². The fourth-order valence-electron chi connectivity index (χ4n) is 4.33. The van der Waals surface area contributed by atoms with E-state index in [0.29, 0.717) is 11.4 Å². The van der Waals surface area contributed by atoms with E-state index in [4.69, 9.17) is 0 Å². The standard InChI is InChI=1S/C20H27N5O3S/c1-14-10-15(2)25(23-14)19-7-6-16(11-21-19)20(26)22-17-12-29(27,28)13-18(17)24-8-4-3-5-9-24/h6-7,10-11,17-18H,3-5,8-9,12-13H2,1-2H3,(H,22,26). The van der Waals surface area contributed by atoms with Crippen LogP contribution in [0.1, 0.15) is 41.0 Å². The van der Waals surface area contributed by atoms with Crippen molar-refractivity contribution < 1.29 is 13.2 Å². The third kappa shape index (κ3) is 4.35. The molecule has 4 heterocycles. The van der Waals surface area contributed by atoms with Gasteiger partial charge in [0.1, 0.15) is 0 Å². The zero-order chi connectivity index (χ0) is 20.6. The van der Waals surface area contributed by atoms with Gasteiger partial charge in [0.2, 0.25) is 0 Å². The number of aryl methyl sites for hydroxylation is 2. The largest absolute Gasteiger partial charge is 0.347 e. The van der Waals surface area contributed by atoms with Crippen LogP contribution < -0.4 is 5.32 Å². The van der Waals surface area contributed by atoms with E-state index in [0.717, 1.165) is 37.3 Å². The number of sulfone groups is 1. The first-order chi connectivity index (χ1) is 13.8. The van der Waals surface area contributed by atoms with E-state index >= 15 is 0 Å². The lowest BCUT2D eigenvalue weighted by atomic mass is 10.0. The number of aromatic nitrogens is 3. The Morgan fingerprint density at radius 1 is 1.14 bits per heavy atom. The van der Waals surface area contributed by atoms with Gasteiger partial charge in [-0.05, 0) is 58.0 Å². The average Bonchev–Trinajstić information content (AvgIpc) is 3.19. The normalized spacial score (nSPS) is 24.5. The Morgan fingerprint density at radius 2 is 1.90 bits per heavy atom. The second kappa shape index (κ2) is 7.87. The fraction of sp³-hybridized carbons (Fsp3) is 0.550. The predicted molar refractivity (Wildman–Crippen MR) is 110 cm³/mol. The maximum absolute atomic E-state index is 12.8. The first-order valence-corrected chi connectivity index (χ1v) is 11.9. The molecule has 0 aromatic carbocycles. The van der Waals surface area contributed by atoms with E-state index in [1.54, 1.807) is 16.8 Å². The first-order valence-electron chi connectivity index (χ1n) is 10.1. The van der Waals surface area contributed by atoms with Gasteiger partial charge in [-0.15, -0.1) is 0 Å². The zero-order valence-corrected chi connectivity index (χ0v) is 17.7. The number of carbonyl (C=O) groups excluding carboxylic acids is 1. The number of amides is 1. The van der Waals surface area contributed by atoms with E-state index in [9.17, 15) is 13.2 Å². The van der Waals surface area contributed by atoms with Crippen LogP contribution in [0.15, 0.2) is 24.4 Å². The van der Waals surface area contributed by atoms with Crippen molar-refractivity contribution in [3.63, 3.8) is 0 Å². The Balaban J connectivity index is 1.48. The quantitative estimate of drug-likeness (QED) is 0.805. The van der Waals surface area contributed by atoms with Crippen LogP contribution in [0.5, 0.6) is 0 Å². The summed E-state index contributed by atoms with van der Waals surface area (Å²) in [6, 6.07) is 4.88. The number of hydrogen-bond acceptors (Lipinski definition) is 6. The minimum atomic E-state index is -3.15. The molecule has 2 aliphatic rings. The molecule has 8 nitrogen and oxygen atoms in total. The minimum absolute atomic E-state index is 0.00280. The average molecular weight is 418 g/mol. The van der Waals surface area contributed by atoms with Crippen molar-refractivity contribution in [2.75, 3.05) is 24.6 Å². The van der Waals surface area contributed by atoms with Crippen molar-refractivity contribution in [2.24, 2.45) is 0 Å². The summed E-state index contributed by atoms with van der Waals surface area (Å²) >= 11 is 0. The molecule has 0 radical (unpaired) electrons. The molecule has 2 aliphatic heterocycles. The van der Waals surface area contributed by atoms with Crippen molar-refractivity contribution in [1.29, 1.82) is 0 Å². The summed E-state index contributed by atoms with van der Waals surface area (Å²) in [5, 5.41) is 7.35. The molecule has 0 aliphatic carbocycles. The highest BCUT2D eigenvalue weighted by Gasteiger charge is 2.42. The molecular formula is C20H27N5O3S. The molecule has 2 aromatic rings. The van der Waals surface area contributed by atoms with Crippen LogP contribution in [0.2, 0.25) is 0 Å². The highest BCUT2D eigenvalue weighted by Crippen LogP contribution is 2.23. The van der Waals surface area contributed by atoms with Crippen molar-refractivity contribution in [2.45, 2.75) is 45.2 Å². The molecule has 29 heavy (non-hydrogen) atoms. The van der Waals surface area contributed by atoms with E-state index in [1.807, 2.05) is 19.9 Å². The number of piperidine rings is 1. The van der Waals surface area contributed by atoms with Gasteiger partial charge in [0, 0.05) is 17.9 Å². The van der Waals surface area contributed by atoms with Crippen LogP contribution in [0.3, 0.4) is 0 Å². The summed E-state index contributed by atoms with van der Waals surface area (Å²) in [7, 11) is -3.15. The molecule has 2 aromatic heterocycles. The van der Waals surface area contributed by atoms with Gasteiger partial charge >= 0.3 is 0 Å². The summed E-state index contributed by atoms with van der Waals surface area (Å²) in [5.41, 5.74) is 2.28. The molecule has 2 fully saturated rings. The maximum Gasteiger partial charge on any atom is 0.253 e. The summed E-state index contributed by atoms with van der Waals surface area (Å²) in [6.45, 7) is 5.65. The summed E-state index contributed by atoms with van der Waals surface area (Å²) in [5.74, 6) is 0.466. The second-order valence-corrected chi connectivity index (χ2v) is 10.2. The van der Waals surface area contributed by atoms with Crippen LogP contribution in [0.25, 0.3) is 5.82 Å². The highest BCUT2D eigenvalue weighted by atomic mass is 32.2. The third-order valence-electron chi connectivity index (χ3n) is 5.74. The van der Waals surface area contributed by atoms with E-state index in [1.165, 1.54) is 12.6 Å². The van der Waals surface area contributed by atoms with Gasteiger partial charge in [0.25, 0.3) is 5.91 Å². The Bertz CT molecular complexity index is 994. The molecule has 9 heteroatoms. The monoisotopic (exact) mass is 417 g/mol. The number of rotatable bonds is 4. The zero-order valence-electron chi connectivity index (χ0n) is 16.8. The predicted octanol–water partition coefficient (Wildman–Crippen LogP) is 1.27. The second-order valence-electron chi connectivity index (χ2n) is 8.06. The van der Waals surface area contributed by atoms with Crippen LogP contribution in [-0.2, 0) is 9.84 Å². The molecule has 2 atom stereocenters. The molecule has 0 bridgehead atoms. The summed E-state index contributed by atoms with van der Waals surface area (Å²) < 4.78 is 26.2. The minimum Gasteiger partial charge on any atom is -0.347 e. The van der Waals surface area contributed by atoms with Crippen LogP contribution >= 0.6 is 0 Å². The fourth-order valence-corrected chi connectivity index (χ4v) is 6.29. The Labute approximate surface area is 171 Å². The molecule has 2 saturated heterocycles. The van der Waals surface area contributed by atoms with Crippen molar-refractivity contribution >= 4 is 15.7 Å². The van der Waals surface area contributed by atoms with Crippen LogP contribution in [-0.4, -0.2) is 70.7 Å². The molecule has 1 N–H and O–H groups in total. The number of nitrogens with zero attached hydrogens (tertiary/aromatic N) is 4. The Hall–Kier alpha value is -2.26. The van der Waals surface area contributed by atoms with Gasteiger partial charge in [-0.3, -0.25) is 9.69 Å². The Morgan fingerprint density at radius 3 is 2.52 bits per heavy atom. The van der Waals surface area contributed by atoms with Gasteiger partial charge in [-0.2, -0.15) is 5.10 Å². The van der Waals surface area contributed by atoms with Gasteiger partial charge in [-0.1, -0.05) is 6.42 Å². The number of carbonyl (C=O) groups is 1. The molecule has 0 saturated carbocycles. The summed E-state index contributed by atoms with van der Waals surface area (Å²) in [6.07, 6.45) is 4.85. The lowest BCUT2D eigenvalue weighted by molar-refractivity contribution is 0.0899. The third-order valence-corrected chi connectivity index (χ3v) is 7.45. The van der Waals surface area contributed by atoms with Crippen molar-refractivity contribution in [3.05, 3.63) is 41.3 Å². The summed E-state index contributed by atoms with van der Waals surface area (Å²) in [4.78, 5) is 19.4. The number of nitrogens with one attached hydrogen (secondary N) is 1. The Kier molecular flexibility index (Phi) is 5.44. The number of hydrogen-bond donors (Lipinski definition) is 1. The lowest BCUT2D eigenvalue weighted by Gasteiger charge is -2.35. The molecule has 2 unspecified atom stereocenters. The van der Waals surface area contributed by atoms with Crippen molar-refractivity contribution in [1.82, 2.24) is 25.0 Å². The molecule has 4 rings (SSSR count). The van der Waals surface area contributed by atoms with Gasteiger partial charge < -0.3 is 5.32 Å².